The van der Waals surface area contributed by atoms with Crippen molar-refractivity contribution < 1.29 is 0 Å². The van der Waals surface area contributed by atoms with E-state index in [4.69, 9.17) is 0 Å². The van der Waals surface area contributed by atoms with Gasteiger partial charge in [-0.3, -0.25) is 4.98 Å². The highest BCUT2D eigenvalue weighted by Crippen LogP contribution is 2.16. The number of hydrogen-bond donors (Lipinski definition) is 1. The van der Waals surface area contributed by atoms with Crippen molar-refractivity contribution in [3.63, 3.8) is 0 Å². The molecule has 2 aromatic heterocycles. The van der Waals surface area contributed by atoms with Crippen LogP contribution in [0.2, 0.25) is 0 Å². The van der Waals surface area contributed by atoms with E-state index >= 15 is 0 Å². The molecule has 0 aliphatic heterocycles. The maximum absolute atomic E-state index is 4.64. The number of fused-ring (bicyclic) bond motifs is 1. The van der Waals surface area contributed by atoms with Crippen molar-refractivity contribution in [1.82, 2.24) is 25.1 Å². The summed E-state index contributed by atoms with van der Waals surface area (Å²) in [6.45, 7) is 7.07. The Morgan fingerprint density at radius 2 is 1.90 bits per heavy atom. The monoisotopic (exact) mass is 281 g/mol. The van der Waals surface area contributed by atoms with Crippen LogP contribution in [-0.4, -0.2) is 25.3 Å². The molecule has 21 heavy (non-hydrogen) atoms. The Bertz CT molecular complexity index is 754. The van der Waals surface area contributed by atoms with E-state index in [1.165, 1.54) is 0 Å². The molecule has 108 valence electrons. The average molecular weight is 281 g/mol. The molecular weight excluding hydrogens is 262 g/mol. The van der Waals surface area contributed by atoms with E-state index in [0.29, 0.717) is 6.54 Å². The van der Waals surface area contributed by atoms with E-state index in [1.54, 1.807) is 12.4 Å². The van der Waals surface area contributed by atoms with Gasteiger partial charge in [0.05, 0.1) is 23.6 Å². The molecule has 0 radical (unpaired) electrons. The molecule has 0 aliphatic rings. The van der Waals surface area contributed by atoms with Crippen molar-refractivity contribution in [2.45, 2.75) is 32.9 Å². The van der Waals surface area contributed by atoms with Gasteiger partial charge in [0, 0.05) is 23.7 Å². The van der Waals surface area contributed by atoms with Gasteiger partial charge in [-0.05, 0) is 26.8 Å². The van der Waals surface area contributed by atoms with Crippen LogP contribution in [0.5, 0.6) is 0 Å². The molecule has 5 nitrogen and oxygen atoms in total. The zero-order chi connectivity index (χ0) is 14.9. The molecular formula is C16H19N5. The lowest BCUT2D eigenvalue weighted by atomic mass is 10.1. The first-order valence-electron chi connectivity index (χ1n) is 7.02. The molecule has 5 heteroatoms. The predicted octanol–water partition coefficient (Wildman–Crippen LogP) is 2.70. The SMILES string of the molecule is CC(C)(C)NCc1cncc(-n2ncc3ccccc32)n1. The number of aromatic nitrogens is 4. The second-order valence-electron chi connectivity index (χ2n) is 6.09. The van der Waals surface area contributed by atoms with Crippen LogP contribution in [0.4, 0.5) is 0 Å². The van der Waals surface area contributed by atoms with Gasteiger partial charge in [-0.15, -0.1) is 0 Å². The zero-order valence-corrected chi connectivity index (χ0v) is 12.5. The van der Waals surface area contributed by atoms with Gasteiger partial charge in [-0.1, -0.05) is 18.2 Å². The zero-order valence-electron chi connectivity index (χ0n) is 12.5. The molecule has 1 aromatic carbocycles. The van der Waals surface area contributed by atoms with Crippen LogP contribution in [0.3, 0.4) is 0 Å². The fraction of sp³-hybridized carbons (Fsp3) is 0.312. The number of hydrogen-bond acceptors (Lipinski definition) is 4. The van der Waals surface area contributed by atoms with Crippen molar-refractivity contribution in [3.8, 4) is 5.82 Å². The molecule has 0 bridgehead atoms. The lowest BCUT2D eigenvalue weighted by Crippen LogP contribution is -2.35. The van der Waals surface area contributed by atoms with Crippen LogP contribution in [0, 0.1) is 0 Å². The standard InChI is InChI=1S/C16H19N5/c1-16(2,3)18-10-13-9-17-11-15(20-13)21-14-7-5-4-6-12(14)8-19-21/h4-9,11,18H,10H2,1-3H3. The average Bonchev–Trinajstić information content (AvgIpc) is 2.89. The molecule has 3 aromatic rings. The summed E-state index contributed by atoms with van der Waals surface area (Å²) in [5, 5.41) is 8.92. The number of para-hydroxylation sites is 1. The van der Waals surface area contributed by atoms with Gasteiger partial charge < -0.3 is 5.32 Å². The molecule has 1 N–H and O–H groups in total. The molecule has 0 spiro atoms. The third-order valence-electron chi connectivity index (χ3n) is 3.17. The highest BCUT2D eigenvalue weighted by atomic mass is 15.3. The number of benzene rings is 1. The molecule has 0 saturated carbocycles. The number of rotatable bonds is 3. The van der Waals surface area contributed by atoms with E-state index in [-0.39, 0.29) is 5.54 Å². The summed E-state index contributed by atoms with van der Waals surface area (Å²) in [6.07, 6.45) is 5.37. The molecule has 0 amide bonds. The lowest BCUT2D eigenvalue weighted by Gasteiger charge is -2.20. The Labute approximate surface area is 124 Å². The van der Waals surface area contributed by atoms with Crippen molar-refractivity contribution in [2.24, 2.45) is 0 Å². The van der Waals surface area contributed by atoms with Crippen LogP contribution in [-0.2, 0) is 6.54 Å². The van der Waals surface area contributed by atoms with E-state index in [1.807, 2.05) is 35.1 Å². The highest BCUT2D eigenvalue weighted by molar-refractivity contribution is 5.79. The van der Waals surface area contributed by atoms with Crippen LogP contribution in [0.25, 0.3) is 16.7 Å². The maximum atomic E-state index is 4.64. The molecule has 0 aliphatic carbocycles. The van der Waals surface area contributed by atoms with Crippen molar-refractivity contribution >= 4 is 10.9 Å². The van der Waals surface area contributed by atoms with Gasteiger partial charge in [0.1, 0.15) is 0 Å². The van der Waals surface area contributed by atoms with Crippen LogP contribution in [0.1, 0.15) is 26.5 Å². The van der Waals surface area contributed by atoms with E-state index in [2.05, 4.69) is 41.2 Å². The first-order chi connectivity index (χ1) is 10.0. The minimum Gasteiger partial charge on any atom is -0.306 e. The van der Waals surface area contributed by atoms with E-state index in [9.17, 15) is 0 Å². The van der Waals surface area contributed by atoms with Gasteiger partial charge in [0.15, 0.2) is 5.82 Å². The van der Waals surface area contributed by atoms with Gasteiger partial charge in [-0.2, -0.15) is 5.10 Å². The van der Waals surface area contributed by atoms with Crippen molar-refractivity contribution in [1.29, 1.82) is 0 Å². The van der Waals surface area contributed by atoms with Gasteiger partial charge in [-0.25, -0.2) is 9.67 Å². The Hall–Kier alpha value is -2.27. The molecule has 0 fully saturated rings. The highest BCUT2D eigenvalue weighted by Gasteiger charge is 2.10. The third-order valence-corrected chi connectivity index (χ3v) is 3.17. The Morgan fingerprint density at radius 1 is 1.10 bits per heavy atom. The number of nitrogens with zero attached hydrogens (tertiary/aromatic N) is 4. The number of nitrogens with one attached hydrogen (secondary N) is 1. The first kappa shape index (κ1) is 13.7. The van der Waals surface area contributed by atoms with Gasteiger partial charge >= 0.3 is 0 Å². The Kier molecular flexibility index (Phi) is 3.43. The summed E-state index contributed by atoms with van der Waals surface area (Å²) in [5.41, 5.74) is 1.99. The van der Waals surface area contributed by atoms with E-state index in [0.717, 1.165) is 22.4 Å². The smallest absolute Gasteiger partial charge is 0.172 e. The molecule has 2 heterocycles. The van der Waals surface area contributed by atoms with Crippen LogP contribution in [0.15, 0.2) is 42.9 Å². The summed E-state index contributed by atoms with van der Waals surface area (Å²) >= 11 is 0. The molecule has 3 rings (SSSR count). The predicted molar refractivity (Wildman–Crippen MR) is 83.3 cm³/mol. The molecule has 0 atom stereocenters. The molecule has 0 unspecified atom stereocenters. The first-order valence-corrected chi connectivity index (χ1v) is 7.02. The fourth-order valence-corrected chi connectivity index (χ4v) is 2.09. The fourth-order valence-electron chi connectivity index (χ4n) is 2.09. The lowest BCUT2D eigenvalue weighted by molar-refractivity contribution is 0.420. The summed E-state index contributed by atoms with van der Waals surface area (Å²) in [6, 6.07) is 8.07. The summed E-state index contributed by atoms with van der Waals surface area (Å²) in [4.78, 5) is 8.93. The second-order valence-corrected chi connectivity index (χ2v) is 6.09. The Balaban J connectivity index is 1.92. The second kappa shape index (κ2) is 5.26. The van der Waals surface area contributed by atoms with Crippen molar-refractivity contribution in [3.05, 3.63) is 48.5 Å². The minimum atomic E-state index is 0.0517. The van der Waals surface area contributed by atoms with Crippen LogP contribution >= 0.6 is 0 Å². The topological polar surface area (TPSA) is 55.6 Å². The van der Waals surface area contributed by atoms with Gasteiger partial charge in [0.2, 0.25) is 0 Å². The maximum Gasteiger partial charge on any atom is 0.172 e. The van der Waals surface area contributed by atoms with Gasteiger partial charge in [0.25, 0.3) is 0 Å². The summed E-state index contributed by atoms with van der Waals surface area (Å²) in [5.74, 6) is 0.740. The largest absolute Gasteiger partial charge is 0.306 e. The van der Waals surface area contributed by atoms with Crippen molar-refractivity contribution in [2.75, 3.05) is 0 Å². The van der Waals surface area contributed by atoms with Crippen LogP contribution < -0.4 is 5.32 Å². The normalized spacial score (nSPS) is 12.0. The summed E-state index contributed by atoms with van der Waals surface area (Å²) in [7, 11) is 0. The molecule has 0 saturated heterocycles. The third kappa shape index (κ3) is 3.08. The minimum absolute atomic E-state index is 0.0517. The van der Waals surface area contributed by atoms with E-state index < -0.39 is 0 Å². The quantitative estimate of drug-likeness (QED) is 0.802. The Morgan fingerprint density at radius 3 is 2.71 bits per heavy atom. The summed E-state index contributed by atoms with van der Waals surface area (Å²) < 4.78 is 1.82.